The van der Waals surface area contributed by atoms with Crippen molar-refractivity contribution >= 4 is 40.4 Å². The van der Waals surface area contributed by atoms with Crippen LogP contribution in [0.1, 0.15) is 11.1 Å². The van der Waals surface area contributed by atoms with E-state index in [4.69, 9.17) is 40.2 Å². The van der Waals surface area contributed by atoms with Crippen molar-refractivity contribution in [3.8, 4) is 5.75 Å². The summed E-state index contributed by atoms with van der Waals surface area (Å²) in [5.41, 5.74) is 1.79. The summed E-state index contributed by atoms with van der Waals surface area (Å²) in [6.07, 6.45) is 0. The van der Waals surface area contributed by atoms with Gasteiger partial charge in [-0.25, -0.2) is 0 Å². The van der Waals surface area contributed by atoms with E-state index in [0.29, 0.717) is 16.7 Å². The summed E-state index contributed by atoms with van der Waals surface area (Å²) in [4.78, 5) is 5.43. The average Bonchev–Trinajstić information content (AvgIpc) is 2.62. The number of hydrogen-bond acceptors (Lipinski definition) is 3. The largest absolute Gasteiger partial charge is 0.489 e. The van der Waals surface area contributed by atoms with Gasteiger partial charge in [-0.1, -0.05) is 53.6 Å². The van der Waals surface area contributed by atoms with Crippen molar-refractivity contribution in [2.24, 2.45) is 0 Å². The third kappa shape index (κ3) is 4.64. The number of halogens is 2. The minimum absolute atomic E-state index is 0.323. The molecule has 6 heteroatoms. The molecule has 1 heterocycles. The molecule has 0 amide bonds. The van der Waals surface area contributed by atoms with Gasteiger partial charge in [-0.2, -0.15) is 0 Å². The quantitative estimate of drug-likeness (QED) is 0.709. The molecule has 0 unspecified atom stereocenters. The van der Waals surface area contributed by atoms with Crippen LogP contribution in [0.4, 0.5) is 0 Å². The van der Waals surface area contributed by atoms with E-state index < -0.39 is 0 Å². The summed E-state index contributed by atoms with van der Waals surface area (Å²) in [5.74, 6) is 0.755. The molecule has 0 atom stereocenters. The molecular formula is C19H20Cl2N2OS. The molecule has 2 aromatic rings. The average molecular weight is 395 g/mol. The standard InChI is InChI=1S/C19H20Cl2N2OS/c1-22-8-10-23(11-9-22)19(25)14-4-2-5-15(12-14)24-13-16-17(20)6-3-7-18(16)21/h2-7,12H,8-11,13H2,1H3. The molecule has 3 nitrogen and oxygen atoms in total. The second kappa shape index (κ2) is 8.37. The van der Waals surface area contributed by atoms with Crippen LogP contribution in [0.15, 0.2) is 42.5 Å². The number of likely N-dealkylation sites (N-methyl/N-ethyl adjacent to an activating group) is 1. The zero-order valence-electron chi connectivity index (χ0n) is 14.0. The molecule has 1 aliphatic heterocycles. The molecule has 0 aliphatic carbocycles. The maximum absolute atomic E-state index is 6.19. The van der Waals surface area contributed by atoms with Gasteiger partial charge in [0.05, 0.1) is 0 Å². The lowest BCUT2D eigenvalue weighted by Gasteiger charge is -2.34. The normalized spacial score (nSPS) is 15.2. The van der Waals surface area contributed by atoms with E-state index >= 15 is 0 Å². The van der Waals surface area contributed by atoms with Crippen LogP contribution in [0, 0.1) is 0 Å². The number of thiocarbonyl (C=S) groups is 1. The van der Waals surface area contributed by atoms with Crippen molar-refractivity contribution in [1.82, 2.24) is 9.80 Å². The summed E-state index contributed by atoms with van der Waals surface area (Å²) in [5, 5.41) is 1.22. The Bertz CT molecular complexity index is 741. The molecule has 1 saturated heterocycles. The minimum atomic E-state index is 0.323. The Kier molecular flexibility index (Phi) is 6.18. The zero-order chi connectivity index (χ0) is 17.8. The molecule has 132 valence electrons. The fourth-order valence-corrected chi connectivity index (χ4v) is 3.55. The molecule has 2 aromatic carbocycles. The Morgan fingerprint density at radius 1 is 1.04 bits per heavy atom. The molecule has 1 fully saturated rings. The monoisotopic (exact) mass is 394 g/mol. The Balaban J connectivity index is 1.68. The number of nitrogens with zero attached hydrogens (tertiary/aromatic N) is 2. The number of benzene rings is 2. The van der Waals surface area contributed by atoms with Gasteiger partial charge >= 0.3 is 0 Å². The van der Waals surface area contributed by atoms with Crippen molar-refractivity contribution in [3.63, 3.8) is 0 Å². The highest BCUT2D eigenvalue weighted by atomic mass is 35.5. The summed E-state index contributed by atoms with van der Waals surface area (Å²) in [6.45, 7) is 4.29. The predicted octanol–water partition coefficient (Wildman–Crippen LogP) is 4.50. The Labute approximate surface area is 164 Å². The van der Waals surface area contributed by atoms with Gasteiger partial charge in [0.1, 0.15) is 17.3 Å². The number of ether oxygens (including phenoxy) is 1. The first kappa shape index (κ1) is 18.5. The van der Waals surface area contributed by atoms with Crippen molar-refractivity contribution in [1.29, 1.82) is 0 Å². The van der Waals surface area contributed by atoms with Crippen LogP contribution in [0.25, 0.3) is 0 Å². The van der Waals surface area contributed by atoms with Gasteiger partial charge in [0, 0.05) is 47.4 Å². The van der Waals surface area contributed by atoms with Gasteiger partial charge in [0.15, 0.2) is 0 Å². The van der Waals surface area contributed by atoms with Crippen LogP contribution in [0.3, 0.4) is 0 Å². The third-order valence-electron chi connectivity index (χ3n) is 4.32. The molecule has 1 aliphatic rings. The summed E-state index contributed by atoms with van der Waals surface area (Å²) in [7, 11) is 2.13. The van der Waals surface area contributed by atoms with Crippen LogP contribution in [-0.2, 0) is 6.61 Å². The second-order valence-corrected chi connectivity index (χ2v) is 7.31. The third-order valence-corrected chi connectivity index (χ3v) is 5.52. The van der Waals surface area contributed by atoms with Crippen LogP contribution in [-0.4, -0.2) is 48.0 Å². The second-order valence-electron chi connectivity index (χ2n) is 6.11. The Morgan fingerprint density at radius 3 is 2.36 bits per heavy atom. The first-order valence-electron chi connectivity index (χ1n) is 8.18. The van der Waals surface area contributed by atoms with Crippen LogP contribution in [0.2, 0.25) is 10.0 Å². The van der Waals surface area contributed by atoms with E-state index in [9.17, 15) is 0 Å². The highest BCUT2D eigenvalue weighted by molar-refractivity contribution is 7.80. The number of rotatable bonds is 4. The molecule has 0 N–H and O–H groups in total. The molecule has 0 saturated carbocycles. The molecule has 3 rings (SSSR count). The van der Waals surface area contributed by atoms with E-state index in [1.165, 1.54) is 0 Å². The first-order chi connectivity index (χ1) is 12.0. The van der Waals surface area contributed by atoms with E-state index in [1.54, 1.807) is 0 Å². The fourth-order valence-electron chi connectivity index (χ4n) is 2.74. The Morgan fingerprint density at radius 2 is 1.68 bits per heavy atom. The van der Waals surface area contributed by atoms with E-state index in [1.807, 2.05) is 42.5 Å². The van der Waals surface area contributed by atoms with Gasteiger partial charge < -0.3 is 14.5 Å². The van der Waals surface area contributed by atoms with Gasteiger partial charge in [-0.15, -0.1) is 0 Å². The summed E-state index contributed by atoms with van der Waals surface area (Å²) < 4.78 is 5.89. The van der Waals surface area contributed by atoms with Crippen molar-refractivity contribution in [3.05, 3.63) is 63.6 Å². The highest BCUT2D eigenvalue weighted by Crippen LogP contribution is 2.26. The highest BCUT2D eigenvalue weighted by Gasteiger charge is 2.17. The Hall–Kier alpha value is -1.33. The molecular weight excluding hydrogens is 375 g/mol. The smallest absolute Gasteiger partial charge is 0.120 e. The van der Waals surface area contributed by atoms with Gasteiger partial charge in [0.25, 0.3) is 0 Å². The molecule has 0 spiro atoms. The lowest BCUT2D eigenvalue weighted by molar-refractivity contribution is 0.218. The first-order valence-corrected chi connectivity index (χ1v) is 9.34. The van der Waals surface area contributed by atoms with Gasteiger partial charge in [0.2, 0.25) is 0 Å². The van der Waals surface area contributed by atoms with Crippen molar-refractivity contribution in [2.45, 2.75) is 6.61 Å². The van der Waals surface area contributed by atoms with Gasteiger partial charge in [-0.05, 0) is 31.3 Å². The minimum Gasteiger partial charge on any atom is -0.489 e. The predicted molar refractivity (Wildman–Crippen MR) is 108 cm³/mol. The number of hydrogen-bond donors (Lipinski definition) is 0. The lowest BCUT2D eigenvalue weighted by Crippen LogP contribution is -2.46. The van der Waals surface area contributed by atoms with E-state index in [-0.39, 0.29) is 0 Å². The molecule has 25 heavy (non-hydrogen) atoms. The maximum atomic E-state index is 6.19. The fraction of sp³-hybridized carbons (Fsp3) is 0.316. The molecule has 0 radical (unpaired) electrons. The topological polar surface area (TPSA) is 15.7 Å². The van der Waals surface area contributed by atoms with Crippen LogP contribution < -0.4 is 4.74 Å². The van der Waals surface area contributed by atoms with Crippen molar-refractivity contribution < 1.29 is 4.74 Å². The van der Waals surface area contributed by atoms with Crippen molar-refractivity contribution in [2.75, 3.05) is 33.2 Å². The van der Waals surface area contributed by atoms with E-state index in [0.717, 1.165) is 48.0 Å². The summed E-state index contributed by atoms with van der Waals surface area (Å²) >= 11 is 18.1. The van der Waals surface area contributed by atoms with Crippen LogP contribution >= 0.6 is 35.4 Å². The van der Waals surface area contributed by atoms with Crippen LogP contribution in [0.5, 0.6) is 5.75 Å². The van der Waals surface area contributed by atoms with Gasteiger partial charge in [-0.3, -0.25) is 0 Å². The summed E-state index contributed by atoms with van der Waals surface area (Å²) in [6, 6.07) is 13.3. The SMILES string of the molecule is CN1CCN(C(=S)c2cccc(OCc3c(Cl)cccc3Cl)c2)CC1. The lowest BCUT2D eigenvalue weighted by atomic mass is 10.2. The molecule has 0 bridgehead atoms. The zero-order valence-corrected chi connectivity index (χ0v) is 16.4. The maximum Gasteiger partial charge on any atom is 0.120 e. The number of piperazine rings is 1. The molecule has 0 aromatic heterocycles. The van der Waals surface area contributed by atoms with E-state index in [2.05, 4.69) is 16.8 Å².